The number of nitrogens with zero attached hydrogens (tertiary/aromatic N) is 1. The number of hydrogen-bond donors (Lipinski definition) is 0. The van der Waals surface area contributed by atoms with Crippen molar-refractivity contribution in [2.45, 2.75) is 13.8 Å². The van der Waals surface area contributed by atoms with E-state index in [1.54, 1.807) is 12.1 Å². The average molecular weight is 273 g/mol. The topological polar surface area (TPSA) is 63.7 Å². The van der Waals surface area contributed by atoms with Crippen molar-refractivity contribution in [3.8, 4) is 0 Å². The molecule has 0 saturated carbocycles. The highest BCUT2D eigenvalue weighted by Gasteiger charge is 2.25. The quantitative estimate of drug-likeness (QED) is 0.621. The Morgan fingerprint density at radius 1 is 1.10 bits per heavy atom. The maximum atomic E-state index is 11.7. The Hall–Kier alpha value is -2.43. The van der Waals surface area contributed by atoms with Crippen LogP contribution < -0.4 is 4.90 Å². The summed E-state index contributed by atoms with van der Waals surface area (Å²) in [6.45, 7) is 4.26. The van der Waals surface area contributed by atoms with Crippen LogP contribution in [0, 0.1) is 5.92 Å². The lowest BCUT2D eigenvalue weighted by atomic mass is 10.2. The van der Waals surface area contributed by atoms with Gasteiger partial charge in [0.2, 0.25) is 0 Å². The molecule has 0 radical (unpaired) electrons. The van der Waals surface area contributed by atoms with Gasteiger partial charge in [-0.3, -0.25) is 9.59 Å². The maximum absolute atomic E-state index is 11.7. The Labute approximate surface area is 116 Å². The number of carbonyl (C=O) groups excluding carboxylic acids is 3. The van der Waals surface area contributed by atoms with Gasteiger partial charge in [-0.1, -0.05) is 13.8 Å². The van der Waals surface area contributed by atoms with Crippen molar-refractivity contribution in [1.29, 1.82) is 0 Å². The van der Waals surface area contributed by atoms with Crippen LogP contribution in [0.3, 0.4) is 0 Å². The van der Waals surface area contributed by atoms with E-state index in [2.05, 4.69) is 0 Å². The second-order valence-electron chi connectivity index (χ2n) is 4.88. The van der Waals surface area contributed by atoms with Gasteiger partial charge >= 0.3 is 5.97 Å². The minimum absolute atomic E-state index is 0.268. The van der Waals surface area contributed by atoms with Gasteiger partial charge in [0.1, 0.15) is 0 Å². The Morgan fingerprint density at radius 3 is 2.15 bits per heavy atom. The third-order valence-corrected chi connectivity index (χ3v) is 2.72. The highest BCUT2D eigenvalue weighted by molar-refractivity contribution is 6.28. The number of anilines is 1. The first-order chi connectivity index (χ1) is 9.49. The van der Waals surface area contributed by atoms with Gasteiger partial charge in [-0.2, -0.15) is 0 Å². The summed E-state index contributed by atoms with van der Waals surface area (Å²) < 4.78 is 5.10. The summed E-state index contributed by atoms with van der Waals surface area (Å²) in [7, 11) is 0. The highest BCUT2D eigenvalue weighted by Crippen LogP contribution is 2.19. The zero-order chi connectivity index (χ0) is 14.7. The first-order valence-corrected chi connectivity index (χ1v) is 6.32. The van der Waals surface area contributed by atoms with Crippen LogP contribution >= 0.6 is 0 Å². The minimum atomic E-state index is -0.414. The number of imide groups is 1. The Morgan fingerprint density at radius 2 is 1.65 bits per heavy atom. The summed E-state index contributed by atoms with van der Waals surface area (Å²) in [4.78, 5) is 35.8. The fourth-order valence-corrected chi connectivity index (χ4v) is 1.73. The van der Waals surface area contributed by atoms with E-state index in [9.17, 15) is 14.4 Å². The van der Waals surface area contributed by atoms with Gasteiger partial charge in [0.05, 0.1) is 17.9 Å². The summed E-state index contributed by atoms with van der Waals surface area (Å²) in [5.41, 5.74) is 0.826. The standard InChI is InChI=1S/C15H15NO4/c1-10(2)9-20-15(19)11-3-5-12(6-4-11)16-13(17)7-8-14(16)18/h3-8,10H,9H2,1-2H3. The summed E-state index contributed by atoms with van der Waals surface area (Å²) in [5.74, 6) is -0.915. The van der Waals surface area contributed by atoms with Crippen LogP contribution in [0.4, 0.5) is 5.69 Å². The fraction of sp³-hybridized carbons (Fsp3) is 0.267. The van der Waals surface area contributed by atoms with Crippen LogP contribution in [-0.2, 0) is 14.3 Å². The van der Waals surface area contributed by atoms with E-state index in [4.69, 9.17) is 4.74 Å². The molecule has 5 heteroatoms. The largest absolute Gasteiger partial charge is 0.462 e. The number of amides is 2. The Kier molecular flexibility index (Phi) is 3.98. The zero-order valence-corrected chi connectivity index (χ0v) is 11.3. The molecule has 2 rings (SSSR count). The molecule has 0 saturated heterocycles. The second-order valence-corrected chi connectivity index (χ2v) is 4.88. The molecule has 0 spiro atoms. The average Bonchev–Trinajstić information content (AvgIpc) is 2.76. The van der Waals surface area contributed by atoms with Gasteiger partial charge in [0, 0.05) is 12.2 Å². The molecule has 2 amide bonds. The Bertz CT molecular complexity index is 554. The first kappa shape index (κ1) is 14.0. The van der Waals surface area contributed by atoms with E-state index in [1.165, 1.54) is 24.3 Å². The van der Waals surface area contributed by atoms with E-state index in [0.717, 1.165) is 4.90 Å². The number of benzene rings is 1. The lowest BCUT2D eigenvalue weighted by Crippen LogP contribution is -2.29. The molecule has 0 unspecified atom stereocenters. The van der Waals surface area contributed by atoms with Crippen LogP contribution in [0.1, 0.15) is 24.2 Å². The monoisotopic (exact) mass is 273 g/mol. The molecule has 104 valence electrons. The predicted octanol–water partition coefficient (Wildman–Crippen LogP) is 1.93. The van der Waals surface area contributed by atoms with Crippen LogP contribution in [-0.4, -0.2) is 24.4 Å². The SMILES string of the molecule is CC(C)COC(=O)c1ccc(N2C(=O)C=CC2=O)cc1. The smallest absolute Gasteiger partial charge is 0.338 e. The van der Waals surface area contributed by atoms with E-state index >= 15 is 0 Å². The highest BCUT2D eigenvalue weighted by atomic mass is 16.5. The Balaban J connectivity index is 2.09. The number of carbonyl (C=O) groups is 3. The van der Waals surface area contributed by atoms with Crippen molar-refractivity contribution < 1.29 is 19.1 Å². The lowest BCUT2D eigenvalue weighted by molar-refractivity contribution is -0.119. The van der Waals surface area contributed by atoms with E-state index < -0.39 is 5.97 Å². The lowest BCUT2D eigenvalue weighted by Gasteiger charge is -2.14. The van der Waals surface area contributed by atoms with Crippen molar-refractivity contribution in [2.75, 3.05) is 11.5 Å². The van der Waals surface area contributed by atoms with Gasteiger partial charge in [-0.05, 0) is 30.2 Å². The predicted molar refractivity (Wildman–Crippen MR) is 73.2 cm³/mol. The first-order valence-electron chi connectivity index (χ1n) is 6.32. The van der Waals surface area contributed by atoms with Gasteiger partial charge in [-0.25, -0.2) is 9.69 Å². The molecule has 1 aliphatic rings. The summed E-state index contributed by atoms with van der Waals surface area (Å²) >= 11 is 0. The van der Waals surface area contributed by atoms with Crippen molar-refractivity contribution in [2.24, 2.45) is 5.92 Å². The summed E-state index contributed by atoms with van der Waals surface area (Å²) in [6.07, 6.45) is 2.43. The zero-order valence-electron chi connectivity index (χ0n) is 11.3. The summed E-state index contributed by atoms with van der Waals surface area (Å²) in [6, 6.07) is 6.18. The molecule has 1 aliphatic heterocycles. The van der Waals surface area contributed by atoms with Crippen LogP contribution in [0.5, 0.6) is 0 Å². The molecule has 5 nitrogen and oxygen atoms in total. The maximum Gasteiger partial charge on any atom is 0.338 e. The van der Waals surface area contributed by atoms with Gasteiger partial charge < -0.3 is 4.74 Å². The second kappa shape index (κ2) is 5.69. The van der Waals surface area contributed by atoms with Crippen molar-refractivity contribution in [3.63, 3.8) is 0 Å². The van der Waals surface area contributed by atoms with E-state index in [0.29, 0.717) is 17.9 Å². The number of hydrogen-bond acceptors (Lipinski definition) is 4. The van der Waals surface area contributed by atoms with Crippen LogP contribution in [0.25, 0.3) is 0 Å². The molecule has 1 heterocycles. The molecular formula is C15H15NO4. The number of rotatable bonds is 4. The molecule has 1 aromatic carbocycles. The summed E-state index contributed by atoms with van der Waals surface area (Å²) in [5, 5.41) is 0. The van der Waals surface area contributed by atoms with Gasteiger partial charge in [0.15, 0.2) is 0 Å². The molecule has 1 aromatic rings. The minimum Gasteiger partial charge on any atom is -0.462 e. The van der Waals surface area contributed by atoms with Crippen LogP contribution in [0.15, 0.2) is 36.4 Å². The molecule has 0 N–H and O–H groups in total. The molecule has 20 heavy (non-hydrogen) atoms. The molecule has 0 aliphatic carbocycles. The van der Waals surface area contributed by atoms with Crippen LogP contribution in [0.2, 0.25) is 0 Å². The third kappa shape index (κ3) is 2.93. The van der Waals surface area contributed by atoms with E-state index in [-0.39, 0.29) is 17.7 Å². The molecule has 0 fully saturated rings. The number of esters is 1. The van der Waals surface area contributed by atoms with E-state index in [1.807, 2.05) is 13.8 Å². The molecule has 0 aromatic heterocycles. The van der Waals surface area contributed by atoms with Gasteiger partial charge in [-0.15, -0.1) is 0 Å². The van der Waals surface area contributed by atoms with Crippen molar-refractivity contribution in [1.82, 2.24) is 0 Å². The van der Waals surface area contributed by atoms with Crippen molar-refractivity contribution >= 4 is 23.5 Å². The normalized spacial score (nSPS) is 14.2. The molecule has 0 atom stereocenters. The molecule has 0 bridgehead atoms. The number of ether oxygens (including phenoxy) is 1. The molecular weight excluding hydrogens is 258 g/mol. The van der Waals surface area contributed by atoms with Crippen molar-refractivity contribution in [3.05, 3.63) is 42.0 Å². The third-order valence-electron chi connectivity index (χ3n) is 2.72. The van der Waals surface area contributed by atoms with Gasteiger partial charge in [0.25, 0.3) is 11.8 Å². The fourth-order valence-electron chi connectivity index (χ4n) is 1.73.